The van der Waals surface area contributed by atoms with E-state index < -0.39 is 0 Å². The lowest BCUT2D eigenvalue weighted by molar-refractivity contribution is 0.477. The van der Waals surface area contributed by atoms with Gasteiger partial charge >= 0.3 is 0 Å². The Kier molecular flexibility index (Phi) is 4.92. The van der Waals surface area contributed by atoms with Gasteiger partial charge in [-0.1, -0.05) is 6.07 Å². The zero-order valence-corrected chi connectivity index (χ0v) is 11.5. The summed E-state index contributed by atoms with van der Waals surface area (Å²) in [6, 6.07) is 4.62. The van der Waals surface area contributed by atoms with Gasteiger partial charge in [0.2, 0.25) is 0 Å². The molecule has 0 radical (unpaired) electrons. The van der Waals surface area contributed by atoms with Gasteiger partial charge in [-0.25, -0.2) is 0 Å². The van der Waals surface area contributed by atoms with Crippen LogP contribution in [0.5, 0.6) is 0 Å². The second-order valence-electron chi connectivity index (χ2n) is 4.56. The highest BCUT2D eigenvalue weighted by Crippen LogP contribution is 2.14. The van der Waals surface area contributed by atoms with Crippen LogP contribution in [-0.4, -0.2) is 15.8 Å². The molecule has 0 aromatic carbocycles. The Morgan fingerprint density at radius 1 is 1.56 bits per heavy atom. The van der Waals surface area contributed by atoms with Crippen molar-refractivity contribution in [2.45, 2.75) is 31.7 Å². The maximum absolute atomic E-state index is 5.61. The number of nitrogens with zero attached hydrogens (tertiary/aromatic N) is 2. The van der Waals surface area contributed by atoms with E-state index in [9.17, 15) is 0 Å². The predicted octanol–water partition coefficient (Wildman–Crippen LogP) is 1.88. The fourth-order valence-electron chi connectivity index (χ4n) is 2.08. The average Bonchev–Trinajstić information content (AvgIpc) is 3.00. The minimum absolute atomic E-state index is 0.328. The molecule has 5 heteroatoms. The smallest absolute Gasteiger partial charge is 0.0522 e. The van der Waals surface area contributed by atoms with Crippen LogP contribution in [0, 0.1) is 0 Å². The average molecular weight is 264 g/mol. The van der Waals surface area contributed by atoms with Crippen LogP contribution in [0.3, 0.4) is 0 Å². The molecule has 4 nitrogen and oxygen atoms in total. The van der Waals surface area contributed by atoms with Crippen molar-refractivity contribution in [2.24, 2.45) is 12.9 Å². The number of hydrogen-bond donors (Lipinski definition) is 2. The molecular weight excluding hydrogens is 244 g/mol. The number of nitrogens with one attached hydrogen (secondary N) is 1. The van der Waals surface area contributed by atoms with Crippen LogP contribution < -0.4 is 11.3 Å². The van der Waals surface area contributed by atoms with Gasteiger partial charge in [0.05, 0.1) is 6.20 Å². The van der Waals surface area contributed by atoms with Crippen molar-refractivity contribution in [1.82, 2.24) is 15.2 Å². The minimum Gasteiger partial charge on any atom is -0.276 e. The maximum Gasteiger partial charge on any atom is 0.0522 e. The lowest BCUT2D eigenvalue weighted by Crippen LogP contribution is -2.36. The molecule has 0 bridgehead atoms. The summed E-state index contributed by atoms with van der Waals surface area (Å²) >= 11 is 1.82. The first-order chi connectivity index (χ1) is 8.78. The zero-order valence-electron chi connectivity index (χ0n) is 10.7. The minimum atomic E-state index is 0.328. The summed E-state index contributed by atoms with van der Waals surface area (Å²) in [5, 5.41) is 6.30. The molecule has 0 aliphatic heterocycles. The van der Waals surface area contributed by atoms with Gasteiger partial charge in [0.15, 0.2) is 0 Å². The van der Waals surface area contributed by atoms with Gasteiger partial charge in [-0.3, -0.25) is 16.0 Å². The van der Waals surface area contributed by atoms with Crippen LogP contribution in [0.4, 0.5) is 0 Å². The largest absolute Gasteiger partial charge is 0.276 e. The Labute approximate surface area is 112 Å². The molecule has 2 heterocycles. The molecule has 18 heavy (non-hydrogen) atoms. The van der Waals surface area contributed by atoms with Gasteiger partial charge < -0.3 is 0 Å². The van der Waals surface area contributed by atoms with E-state index in [-0.39, 0.29) is 0 Å². The highest BCUT2D eigenvalue weighted by Gasteiger charge is 2.09. The monoisotopic (exact) mass is 264 g/mol. The van der Waals surface area contributed by atoms with E-state index in [1.165, 1.54) is 10.4 Å². The maximum atomic E-state index is 5.61. The number of hydrazine groups is 1. The summed E-state index contributed by atoms with van der Waals surface area (Å²) in [4.78, 5) is 1.45. The van der Waals surface area contributed by atoms with Crippen molar-refractivity contribution < 1.29 is 0 Å². The molecule has 1 atom stereocenters. The Balaban J connectivity index is 1.75. The van der Waals surface area contributed by atoms with E-state index in [0.717, 1.165) is 25.7 Å². The molecule has 0 aliphatic rings. The van der Waals surface area contributed by atoms with E-state index in [1.807, 2.05) is 35.5 Å². The van der Waals surface area contributed by atoms with Crippen LogP contribution in [-0.2, 0) is 19.9 Å². The normalized spacial score (nSPS) is 12.8. The van der Waals surface area contributed by atoms with Gasteiger partial charge in [-0.15, -0.1) is 11.3 Å². The molecule has 0 spiro atoms. The molecule has 3 N–H and O–H groups in total. The van der Waals surface area contributed by atoms with Gasteiger partial charge in [0, 0.05) is 24.2 Å². The molecule has 0 fully saturated rings. The second-order valence-corrected chi connectivity index (χ2v) is 5.59. The highest BCUT2D eigenvalue weighted by atomic mass is 32.1. The van der Waals surface area contributed by atoms with E-state index >= 15 is 0 Å². The fraction of sp³-hybridized carbons (Fsp3) is 0.462. The van der Waals surface area contributed by atoms with Crippen LogP contribution in [0.15, 0.2) is 29.9 Å². The van der Waals surface area contributed by atoms with E-state index in [1.54, 1.807) is 0 Å². The lowest BCUT2D eigenvalue weighted by Gasteiger charge is -2.14. The molecule has 0 amide bonds. The molecule has 2 aromatic heterocycles. The molecule has 0 saturated carbocycles. The first-order valence-electron chi connectivity index (χ1n) is 6.24. The highest BCUT2D eigenvalue weighted by molar-refractivity contribution is 7.09. The lowest BCUT2D eigenvalue weighted by atomic mass is 10.0. The first-order valence-corrected chi connectivity index (χ1v) is 7.12. The molecule has 2 rings (SSSR count). The third-order valence-electron chi connectivity index (χ3n) is 3.03. The number of hydrogen-bond acceptors (Lipinski definition) is 4. The van der Waals surface area contributed by atoms with E-state index in [4.69, 9.17) is 5.84 Å². The standard InChI is InChI=1S/C13H20N4S/c1-17-10-11(9-15-17)8-12(16-14)4-2-5-13-6-3-7-18-13/h3,6-7,9-10,12,16H,2,4-5,8,14H2,1H3. The quantitative estimate of drug-likeness (QED) is 0.593. The molecule has 1 unspecified atom stereocenters. The third-order valence-corrected chi connectivity index (χ3v) is 3.97. The first kappa shape index (κ1) is 13.3. The third kappa shape index (κ3) is 3.94. The van der Waals surface area contributed by atoms with Crippen molar-refractivity contribution in [2.75, 3.05) is 0 Å². The van der Waals surface area contributed by atoms with Gasteiger partial charge in [-0.2, -0.15) is 5.10 Å². The molecule has 98 valence electrons. The SMILES string of the molecule is Cn1cc(CC(CCCc2cccs2)NN)cn1. The molecule has 2 aromatic rings. The molecule has 0 saturated heterocycles. The van der Waals surface area contributed by atoms with Crippen LogP contribution in [0.2, 0.25) is 0 Å². The van der Waals surface area contributed by atoms with Crippen molar-refractivity contribution in [1.29, 1.82) is 0 Å². The van der Waals surface area contributed by atoms with Crippen molar-refractivity contribution >= 4 is 11.3 Å². The van der Waals surface area contributed by atoms with Crippen LogP contribution in [0.25, 0.3) is 0 Å². The summed E-state index contributed by atoms with van der Waals surface area (Å²) in [7, 11) is 1.94. The van der Waals surface area contributed by atoms with Gasteiger partial charge in [0.1, 0.15) is 0 Å². The zero-order chi connectivity index (χ0) is 12.8. The summed E-state index contributed by atoms with van der Waals surface area (Å²) in [6.45, 7) is 0. The van der Waals surface area contributed by atoms with E-state index in [2.05, 4.69) is 28.0 Å². The van der Waals surface area contributed by atoms with Crippen LogP contribution in [0.1, 0.15) is 23.3 Å². The van der Waals surface area contributed by atoms with Crippen LogP contribution >= 0.6 is 11.3 Å². The summed E-state index contributed by atoms with van der Waals surface area (Å²) in [5.74, 6) is 5.61. The van der Waals surface area contributed by atoms with Crippen molar-refractivity contribution in [3.05, 3.63) is 40.3 Å². The Bertz CT molecular complexity index is 449. The summed E-state index contributed by atoms with van der Waals surface area (Å²) in [6.07, 6.45) is 8.28. The van der Waals surface area contributed by atoms with Crippen molar-refractivity contribution in [3.63, 3.8) is 0 Å². The Morgan fingerprint density at radius 3 is 3.06 bits per heavy atom. The summed E-state index contributed by atoms with van der Waals surface area (Å²) in [5.41, 5.74) is 4.14. The number of rotatable bonds is 7. The number of aryl methyl sites for hydroxylation is 2. The van der Waals surface area contributed by atoms with E-state index in [0.29, 0.717) is 6.04 Å². The number of aromatic nitrogens is 2. The van der Waals surface area contributed by atoms with Crippen molar-refractivity contribution in [3.8, 4) is 0 Å². The topological polar surface area (TPSA) is 55.9 Å². The van der Waals surface area contributed by atoms with Gasteiger partial charge in [-0.05, 0) is 42.7 Å². The number of thiophene rings is 1. The second kappa shape index (κ2) is 6.68. The fourth-order valence-corrected chi connectivity index (χ4v) is 2.83. The predicted molar refractivity (Wildman–Crippen MR) is 75.3 cm³/mol. The van der Waals surface area contributed by atoms with Gasteiger partial charge in [0.25, 0.3) is 0 Å². The Morgan fingerprint density at radius 2 is 2.44 bits per heavy atom. The molecule has 0 aliphatic carbocycles. The Hall–Kier alpha value is -1.17. The molecular formula is C13H20N4S. The number of nitrogens with two attached hydrogens (primary N) is 1. The summed E-state index contributed by atoms with van der Waals surface area (Å²) < 4.78 is 1.83.